The third-order valence-electron chi connectivity index (χ3n) is 3.33. The van der Waals surface area contributed by atoms with E-state index in [2.05, 4.69) is 18.3 Å². The van der Waals surface area contributed by atoms with Gasteiger partial charge in [-0.15, -0.1) is 11.3 Å². The number of amides is 1. The Morgan fingerprint density at radius 2 is 2.23 bits per heavy atom. The Bertz CT molecular complexity index is 645. The number of hydrogen-bond donors (Lipinski definition) is 2. The molecule has 22 heavy (non-hydrogen) atoms. The Balaban J connectivity index is 1.93. The minimum atomic E-state index is -1.08. The quantitative estimate of drug-likeness (QED) is 0.820. The largest absolute Gasteiger partial charge is 0.478 e. The van der Waals surface area contributed by atoms with Crippen molar-refractivity contribution in [1.82, 2.24) is 5.32 Å². The standard InChI is InChI=1S/C16H19NO4S/c1-3-13-12(16(19)20)8-14(21-13)15(18)17-9-10(2)7-11-5-4-6-22-11/h4-6,8,10H,3,7,9H2,1-2H3,(H,17,18)(H,19,20). The first kappa shape index (κ1) is 16.3. The van der Waals surface area contributed by atoms with Gasteiger partial charge < -0.3 is 14.8 Å². The summed E-state index contributed by atoms with van der Waals surface area (Å²) in [4.78, 5) is 24.4. The minimum absolute atomic E-state index is 0.0533. The lowest BCUT2D eigenvalue weighted by Gasteiger charge is -2.10. The summed E-state index contributed by atoms with van der Waals surface area (Å²) in [6, 6.07) is 5.37. The van der Waals surface area contributed by atoms with Crippen molar-refractivity contribution < 1.29 is 19.1 Å². The maximum atomic E-state index is 12.1. The van der Waals surface area contributed by atoms with Gasteiger partial charge in [0.1, 0.15) is 11.3 Å². The predicted molar refractivity (Wildman–Crippen MR) is 84.6 cm³/mol. The summed E-state index contributed by atoms with van der Waals surface area (Å²) in [7, 11) is 0. The van der Waals surface area contributed by atoms with Crippen molar-refractivity contribution >= 4 is 23.2 Å². The van der Waals surface area contributed by atoms with Gasteiger partial charge in [-0.25, -0.2) is 4.79 Å². The molecule has 2 aromatic rings. The van der Waals surface area contributed by atoms with E-state index in [-0.39, 0.29) is 17.2 Å². The number of carbonyl (C=O) groups is 2. The molecule has 0 aliphatic carbocycles. The molecule has 2 rings (SSSR count). The molecule has 0 radical (unpaired) electrons. The SMILES string of the molecule is CCc1oc(C(=O)NCC(C)Cc2cccs2)cc1C(=O)O. The number of thiophene rings is 1. The van der Waals surface area contributed by atoms with Gasteiger partial charge in [-0.3, -0.25) is 4.79 Å². The van der Waals surface area contributed by atoms with E-state index in [1.165, 1.54) is 10.9 Å². The highest BCUT2D eigenvalue weighted by molar-refractivity contribution is 7.09. The van der Waals surface area contributed by atoms with Crippen LogP contribution in [0.2, 0.25) is 0 Å². The average Bonchev–Trinajstić information content (AvgIpc) is 3.13. The Morgan fingerprint density at radius 1 is 1.45 bits per heavy atom. The van der Waals surface area contributed by atoms with Crippen LogP contribution in [0.25, 0.3) is 0 Å². The van der Waals surface area contributed by atoms with E-state index in [9.17, 15) is 9.59 Å². The molecule has 1 amide bonds. The minimum Gasteiger partial charge on any atom is -0.478 e. The molecule has 118 valence electrons. The van der Waals surface area contributed by atoms with Crippen molar-refractivity contribution in [3.05, 3.63) is 45.5 Å². The Morgan fingerprint density at radius 3 is 2.77 bits per heavy atom. The van der Waals surface area contributed by atoms with Crippen LogP contribution in [0.4, 0.5) is 0 Å². The van der Waals surface area contributed by atoms with Gasteiger partial charge in [0.25, 0.3) is 5.91 Å². The van der Waals surface area contributed by atoms with Crippen molar-refractivity contribution in [2.24, 2.45) is 5.92 Å². The lowest BCUT2D eigenvalue weighted by Crippen LogP contribution is -2.28. The van der Waals surface area contributed by atoms with E-state index in [1.54, 1.807) is 18.3 Å². The normalized spacial score (nSPS) is 12.1. The van der Waals surface area contributed by atoms with Crippen LogP contribution in [0.5, 0.6) is 0 Å². The van der Waals surface area contributed by atoms with Crippen LogP contribution in [0.15, 0.2) is 28.0 Å². The monoisotopic (exact) mass is 321 g/mol. The molecular formula is C16H19NO4S. The maximum Gasteiger partial charge on any atom is 0.339 e. The van der Waals surface area contributed by atoms with E-state index in [4.69, 9.17) is 9.52 Å². The Labute approximate surface area is 133 Å². The summed E-state index contributed by atoms with van der Waals surface area (Å²) in [6.45, 7) is 4.36. The molecule has 0 fully saturated rings. The number of furan rings is 1. The second kappa shape index (κ2) is 7.26. The molecular weight excluding hydrogens is 302 g/mol. The lowest BCUT2D eigenvalue weighted by molar-refractivity contribution is 0.0694. The van der Waals surface area contributed by atoms with Crippen LogP contribution in [0.3, 0.4) is 0 Å². The third-order valence-corrected chi connectivity index (χ3v) is 4.22. The number of carboxylic acids is 1. The first-order valence-corrected chi connectivity index (χ1v) is 8.05. The molecule has 0 spiro atoms. The first-order valence-electron chi connectivity index (χ1n) is 7.17. The molecule has 6 heteroatoms. The summed E-state index contributed by atoms with van der Waals surface area (Å²) >= 11 is 1.70. The molecule has 0 aromatic carbocycles. The first-order chi connectivity index (χ1) is 10.5. The highest BCUT2D eigenvalue weighted by Gasteiger charge is 2.20. The zero-order valence-corrected chi connectivity index (χ0v) is 13.4. The van der Waals surface area contributed by atoms with Crippen molar-refractivity contribution in [2.45, 2.75) is 26.7 Å². The lowest BCUT2D eigenvalue weighted by atomic mass is 10.1. The van der Waals surface area contributed by atoms with Gasteiger partial charge in [0.05, 0.1) is 0 Å². The maximum absolute atomic E-state index is 12.1. The number of hydrogen-bond acceptors (Lipinski definition) is 4. The van der Waals surface area contributed by atoms with Crippen LogP contribution in [0.1, 0.15) is 45.4 Å². The van der Waals surface area contributed by atoms with E-state index in [0.717, 1.165) is 6.42 Å². The van der Waals surface area contributed by atoms with Gasteiger partial charge in [-0.1, -0.05) is 19.9 Å². The zero-order chi connectivity index (χ0) is 16.1. The van der Waals surface area contributed by atoms with Gasteiger partial charge in [-0.2, -0.15) is 0 Å². The van der Waals surface area contributed by atoms with Crippen molar-refractivity contribution in [3.8, 4) is 0 Å². The van der Waals surface area contributed by atoms with E-state index in [0.29, 0.717) is 24.6 Å². The fourth-order valence-electron chi connectivity index (χ4n) is 2.18. The fraction of sp³-hybridized carbons (Fsp3) is 0.375. The van der Waals surface area contributed by atoms with Crippen molar-refractivity contribution in [3.63, 3.8) is 0 Å². The predicted octanol–water partition coefficient (Wildman–Crippen LogP) is 3.21. The Hall–Kier alpha value is -2.08. The molecule has 1 atom stereocenters. The third kappa shape index (κ3) is 3.98. The second-order valence-corrected chi connectivity index (χ2v) is 6.24. The molecule has 0 aliphatic heterocycles. The average molecular weight is 321 g/mol. The van der Waals surface area contributed by atoms with Crippen LogP contribution in [0, 0.1) is 5.92 Å². The molecule has 5 nitrogen and oxygen atoms in total. The molecule has 0 saturated heterocycles. The fourth-order valence-corrected chi connectivity index (χ4v) is 3.05. The molecule has 2 N–H and O–H groups in total. The van der Waals surface area contributed by atoms with Crippen LogP contribution >= 0.6 is 11.3 Å². The highest BCUT2D eigenvalue weighted by Crippen LogP contribution is 2.17. The molecule has 2 aromatic heterocycles. The van der Waals surface area contributed by atoms with E-state index < -0.39 is 5.97 Å². The van der Waals surface area contributed by atoms with Crippen LogP contribution in [-0.4, -0.2) is 23.5 Å². The summed E-state index contributed by atoms with van der Waals surface area (Å²) < 4.78 is 5.33. The topological polar surface area (TPSA) is 79.5 Å². The highest BCUT2D eigenvalue weighted by atomic mass is 32.1. The molecule has 0 aliphatic rings. The smallest absolute Gasteiger partial charge is 0.339 e. The van der Waals surface area contributed by atoms with Gasteiger partial charge in [-0.05, 0) is 23.8 Å². The summed E-state index contributed by atoms with van der Waals surface area (Å²) in [6.07, 6.45) is 1.33. The second-order valence-electron chi connectivity index (χ2n) is 5.20. The summed E-state index contributed by atoms with van der Waals surface area (Å²) in [5.74, 6) is -0.782. The van der Waals surface area contributed by atoms with Gasteiger partial charge in [0.2, 0.25) is 0 Å². The van der Waals surface area contributed by atoms with Gasteiger partial charge in [0.15, 0.2) is 5.76 Å². The number of carboxylic acid groups (broad SMARTS) is 1. The van der Waals surface area contributed by atoms with E-state index in [1.807, 2.05) is 11.4 Å². The summed E-state index contributed by atoms with van der Waals surface area (Å²) in [5.41, 5.74) is 0.0549. The number of carbonyl (C=O) groups excluding carboxylic acids is 1. The van der Waals surface area contributed by atoms with Gasteiger partial charge >= 0.3 is 5.97 Å². The molecule has 0 saturated carbocycles. The van der Waals surface area contributed by atoms with E-state index >= 15 is 0 Å². The number of nitrogens with one attached hydrogen (secondary N) is 1. The molecule has 1 unspecified atom stereocenters. The van der Waals surface area contributed by atoms with Gasteiger partial charge in [0, 0.05) is 23.9 Å². The van der Waals surface area contributed by atoms with Crippen LogP contribution in [-0.2, 0) is 12.8 Å². The van der Waals surface area contributed by atoms with Crippen molar-refractivity contribution in [2.75, 3.05) is 6.54 Å². The Kier molecular flexibility index (Phi) is 5.38. The molecule has 2 heterocycles. The van der Waals surface area contributed by atoms with Crippen LogP contribution < -0.4 is 5.32 Å². The van der Waals surface area contributed by atoms with Crippen molar-refractivity contribution in [1.29, 1.82) is 0 Å². The summed E-state index contributed by atoms with van der Waals surface area (Å²) in [5, 5.41) is 13.9. The number of rotatable bonds is 7. The molecule has 0 bridgehead atoms. The zero-order valence-electron chi connectivity index (χ0n) is 12.6. The number of aromatic carboxylic acids is 1. The number of aryl methyl sites for hydroxylation is 1.